The highest BCUT2D eigenvalue weighted by Gasteiger charge is 2.26. The second-order valence-corrected chi connectivity index (χ2v) is 11.6. The second-order valence-electron chi connectivity index (χ2n) is 10.4. The predicted octanol–water partition coefficient (Wildman–Crippen LogP) is 5.97. The van der Waals surface area contributed by atoms with Gasteiger partial charge in [-0.3, -0.25) is 4.98 Å². The summed E-state index contributed by atoms with van der Waals surface area (Å²) in [5.41, 5.74) is 0.674. The van der Waals surface area contributed by atoms with Gasteiger partial charge >= 0.3 is 6.09 Å². The molecule has 1 aromatic heterocycles. The number of hydrogen-bond donors (Lipinski definition) is 0. The summed E-state index contributed by atoms with van der Waals surface area (Å²) in [6, 6.07) is 18.9. The van der Waals surface area contributed by atoms with Crippen molar-refractivity contribution in [1.82, 2.24) is 19.1 Å². The highest BCUT2D eigenvalue weighted by molar-refractivity contribution is 7.97. The van der Waals surface area contributed by atoms with Crippen molar-refractivity contribution in [3.63, 3.8) is 0 Å². The first-order valence-electron chi connectivity index (χ1n) is 12.6. The van der Waals surface area contributed by atoms with E-state index in [1.165, 1.54) is 15.8 Å². The molecule has 0 spiro atoms. The molecule has 1 amide bonds. The molecule has 0 N–H and O–H groups in total. The number of fused-ring (bicyclic) bond motifs is 1. The van der Waals surface area contributed by atoms with Gasteiger partial charge in [-0.15, -0.1) is 0 Å². The van der Waals surface area contributed by atoms with Crippen molar-refractivity contribution in [2.75, 3.05) is 40.3 Å². The van der Waals surface area contributed by atoms with Crippen LogP contribution in [0.5, 0.6) is 0 Å². The third-order valence-electron chi connectivity index (χ3n) is 5.74. The van der Waals surface area contributed by atoms with Crippen molar-refractivity contribution in [1.29, 1.82) is 0 Å². The predicted molar refractivity (Wildman–Crippen MR) is 150 cm³/mol. The minimum atomic E-state index is -0.537. The number of pyridine rings is 1. The number of carbonyl (C=O) groups excluding carboxylic acids is 1. The molecule has 0 unspecified atom stereocenters. The zero-order valence-electron chi connectivity index (χ0n) is 22.5. The molecule has 0 aliphatic carbocycles. The van der Waals surface area contributed by atoms with E-state index in [0.717, 1.165) is 24.9 Å². The first-order valence-corrected chi connectivity index (χ1v) is 13.3. The Hall–Kier alpha value is -2.61. The number of aromatic nitrogens is 1. The van der Waals surface area contributed by atoms with E-state index in [9.17, 15) is 4.79 Å². The van der Waals surface area contributed by atoms with Gasteiger partial charge in [-0.05, 0) is 89.3 Å². The summed E-state index contributed by atoms with van der Waals surface area (Å²) >= 11 is 1.74. The lowest BCUT2D eigenvalue weighted by Crippen LogP contribution is -2.46. The van der Waals surface area contributed by atoms with Crippen LogP contribution in [-0.2, 0) is 11.2 Å². The average Bonchev–Trinajstić information content (AvgIpc) is 2.83. The summed E-state index contributed by atoms with van der Waals surface area (Å²) in [7, 11) is 4.17. The Morgan fingerprint density at radius 1 is 1.00 bits per heavy atom. The van der Waals surface area contributed by atoms with Crippen LogP contribution in [0.4, 0.5) is 4.79 Å². The smallest absolute Gasteiger partial charge is 0.410 e. The molecule has 2 aromatic carbocycles. The molecule has 0 aliphatic heterocycles. The maximum Gasteiger partial charge on any atom is 0.410 e. The van der Waals surface area contributed by atoms with E-state index in [1.807, 2.05) is 62.3 Å². The Morgan fingerprint density at radius 3 is 2.44 bits per heavy atom. The molecule has 0 saturated heterocycles. The number of likely N-dealkylation sites (N-methyl/N-ethyl adjacent to an activating group) is 1. The van der Waals surface area contributed by atoms with Crippen molar-refractivity contribution < 1.29 is 9.53 Å². The number of amides is 1. The molecule has 3 rings (SSSR count). The van der Waals surface area contributed by atoms with Crippen LogP contribution in [0.25, 0.3) is 10.8 Å². The normalized spacial score (nSPS) is 12.8. The molecule has 6 nitrogen and oxygen atoms in total. The molecule has 194 valence electrons. The van der Waals surface area contributed by atoms with E-state index in [0.29, 0.717) is 13.1 Å². The van der Waals surface area contributed by atoms with Gasteiger partial charge in [-0.2, -0.15) is 0 Å². The van der Waals surface area contributed by atoms with E-state index in [2.05, 4.69) is 65.5 Å². The molecular formula is C29H40N4O2S. The molecular weight excluding hydrogens is 468 g/mol. The van der Waals surface area contributed by atoms with Gasteiger partial charge in [0.15, 0.2) is 0 Å². The molecule has 3 aromatic rings. The second kappa shape index (κ2) is 13.1. The van der Waals surface area contributed by atoms with Crippen LogP contribution in [0.1, 0.15) is 33.3 Å². The van der Waals surface area contributed by atoms with Crippen molar-refractivity contribution in [2.45, 2.75) is 50.7 Å². The Morgan fingerprint density at radius 2 is 1.75 bits per heavy atom. The first kappa shape index (κ1) is 28.0. The third kappa shape index (κ3) is 9.12. The van der Waals surface area contributed by atoms with E-state index in [1.54, 1.807) is 11.9 Å². The highest BCUT2D eigenvalue weighted by atomic mass is 32.2. The van der Waals surface area contributed by atoms with Crippen LogP contribution in [0, 0.1) is 0 Å². The first-order chi connectivity index (χ1) is 17.1. The largest absolute Gasteiger partial charge is 0.444 e. The number of rotatable bonds is 11. The van der Waals surface area contributed by atoms with Gasteiger partial charge in [-0.25, -0.2) is 9.10 Å². The van der Waals surface area contributed by atoms with Crippen LogP contribution >= 0.6 is 11.9 Å². The fourth-order valence-electron chi connectivity index (χ4n) is 3.81. The Balaban J connectivity index is 1.76. The maximum atomic E-state index is 13.2. The van der Waals surface area contributed by atoms with Gasteiger partial charge in [0.25, 0.3) is 0 Å². The van der Waals surface area contributed by atoms with Crippen LogP contribution in [0.3, 0.4) is 0 Å². The number of carbonyl (C=O) groups is 1. The molecule has 1 atom stereocenters. The Bertz CT molecular complexity index is 1100. The van der Waals surface area contributed by atoms with E-state index in [4.69, 9.17) is 4.74 Å². The van der Waals surface area contributed by atoms with Gasteiger partial charge in [0, 0.05) is 54.9 Å². The summed E-state index contributed by atoms with van der Waals surface area (Å²) in [5.74, 6) is 0. The quantitative estimate of drug-likeness (QED) is 0.297. The monoisotopic (exact) mass is 508 g/mol. The van der Waals surface area contributed by atoms with Crippen LogP contribution in [-0.4, -0.2) is 77.1 Å². The lowest BCUT2D eigenvalue weighted by Gasteiger charge is -2.34. The van der Waals surface area contributed by atoms with Crippen molar-refractivity contribution in [2.24, 2.45) is 0 Å². The van der Waals surface area contributed by atoms with Crippen LogP contribution in [0.15, 0.2) is 71.9 Å². The lowest BCUT2D eigenvalue weighted by molar-refractivity contribution is 0.0222. The number of hydrogen-bond acceptors (Lipinski definition) is 6. The van der Waals surface area contributed by atoms with E-state index < -0.39 is 5.60 Å². The summed E-state index contributed by atoms with van der Waals surface area (Å²) in [5, 5.41) is 2.31. The average molecular weight is 509 g/mol. The van der Waals surface area contributed by atoms with Gasteiger partial charge in [0.2, 0.25) is 0 Å². The molecule has 0 radical (unpaired) electrons. The summed E-state index contributed by atoms with van der Waals surface area (Å²) in [4.78, 5) is 22.6. The highest BCUT2D eigenvalue weighted by Crippen LogP contribution is 2.28. The Labute approximate surface area is 220 Å². The minimum absolute atomic E-state index is 0.117. The molecule has 0 saturated carbocycles. The number of benzene rings is 2. The summed E-state index contributed by atoms with van der Waals surface area (Å²) in [6.45, 7) is 10.9. The van der Waals surface area contributed by atoms with Crippen molar-refractivity contribution >= 4 is 28.8 Å². The number of nitrogens with zero attached hydrogens (tertiary/aromatic N) is 4. The third-order valence-corrected chi connectivity index (χ3v) is 6.99. The number of ether oxygens (including phenoxy) is 1. The fraction of sp³-hybridized carbons (Fsp3) is 0.448. The molecule has 0 aliphatic rings. The van der Waals surface area contributed by atoms with Crippen LogP contribution < -0.4 is 0 Å². The van der Waals surface area contributed by atoms with E-state index in [-0.39, 0.29) is 12.1 Å². The van der Waals surface area contributed by atoms with E-state index >= 15 is 0 Å². The SMILES string of the molecule is C[C@H](CN(CCc1ccccc1)C(=O)OC(C)(C)C)N(CCN(C)C)Sc1ccc2cnccc2c1. The van der Waals surface area contributed by atoms with Gasteiger partial charge < -0.3 is 14.5 Å². The fourth-order valence-corrected chi connectivity index (χ4v) is 4.81. The van der Waals surface area contributed by atoms with Crippen molar-refractivity contribution in [3.8, 4) is 0 Å². The van der Waals surface area contributed by atoms with Crippen LogP contribution in [0.2, 0.25) is 0 Å². The maximum absolute atomic E-state index is 13.2. The zero-order chi connectivity index (χ0) is 26.1. The molecule has 36 heavy (non-hydrogen) atoms. The molecule has 0 fully saturated rings. The molecule has 7 heteroatoms. The zero-order valence-corrected chi connectivity index (χ0v) is 23.3. The molecule has 0 bridgehead atoms. The summed E-state index contributed by atoms with van der Waals surface area (Å²) in [6.07, 6.45) is 4.24. The van der Waals surface area contributed by atoms with Crippen molar-refractivity contribution in [3.05, 3.63) is 72.6 Å². The van der Waals surface area contributed by atoms with Gasteiger partial charge in [0.05, 0.1) is 0 Å². The van der Waals surface area contributed by atoms with Gasteiger partial charge in [-0.1, -0.05) is 36.4 Å². The Kier molecular flexibility index (Phi) is 10.2. The van der Waals surface area contributed by atoms with Gasteiger partial charge in [0.1, 0.15) is 5.60 Å². The minimum Gasteiger partial charge on any atom is -0.444 e. The lowest BCUT2D eigenvalue weighted by atomic mass is 10.1. The summed E-state index contributed by atoms with van der Waals surface area (Å²) < 4.78 is 8.16. The standard InChI is InChI=1S/C29H40N4O2S/c1-23(22-32(28(34)35-29(2,3)4)17-15-24-10-8-7-9-11-24)33(19-18-31(5)6)36-27-13-12-26-21-30-16-14-25(26)20-27/h7-14,16,20-21,23H,15,17-19,22H2,1-6H3/t23-/m1/s1. The topological polar surface area (TPSA) is 48.9 Å². The molecule has 1 heterocycles.